The van der Waals surface area contributed by atoms with Crippen LogP contribution in [0.4, 0.5) is 5.69 Å². The van der Waals surface area contributed by atoms with Gasteiger partial charge in [-0.2, -0.15) is 4.31 Å². The minimum Gasteiger partial charge on any atom is -0.497 e. The lowest BCUT2D eigenvalue weighted by Crippen LogP contribution is -2.33. The average Bonchev–Trinajstić information content (AvgIpc) is 2.27. The fraction of sp³-hybridized carbons (Fsp3) is 0.455. The molecular formula is C11H18N2O4S. The van der Waals surface area contributed by atoms with Crippen LogP contribution in [-0.4, -0.2) is 44.6 Å². The van der Waals surface area contributed by atoms with Crippen LogP contribution in [0.3, 0.4) is 0 Å². The molecule has 0 bridgehead atoms. The van der Waals surface area contributed by atoms with E-state index in [-0.39, 0.29) is 17.1 Å². The Morgan fingerprint density at radius 3 is 2.56 bits per heavy atom. The standard InChI is InChI=1S/C11H18N2O4S/c1-8(14)7-13(2)18(15,16)11-5-4-9(17-3)6-10(11)12/h4-6,8,14H,7,12H2,1-3H3. The Morgan fingerprint density at radius 2 is 2.11 bits per heavy atom. The first kappa shape index (κ1) is 14.7. The molecule has 0 heterocycles. The Balaban J connectivity index is 3.12. The Bertz CT molecular complexity index is 514. The molecule has 0 aliphatic heterocycles. The SMILES string of the molecule is COc1ccc(S(=O)(=O)N(C)CC(C)O)c(N)c1. The lowest BCUT2D eigenvalue weighted by molar-refractivity contribution is 0.171. The molecule has 0 aliphatic carbocycles. The van der Waals surface area contributed by atoms with Crippen molar-refractivity contribution in [2.45, 2.75) is 17.9 Å². The topological polar surface area (TPSA) is 92.9 Å². The number of hydrogen-bond acceptors (Lipinski definition) is 5. The van der Waals surface area contributed by atoms with Crippen molar-refractivity contribution in [3.63, 3.8) is 0 Å². The second kappa shape index (κ2) is 5.55. The van der Waals surface area contributed by atoms with Crippen LogP contribution in [-0.2, 0) is 10.0 Å². The molecule has 0 radical (unpaired) electrons. The van der Waals surface area contributed by atoms with Gasteiger partial charge in [0.15, 0.2) is 0 Å². The number of nitrogens with two attached hydrogens (primary N) is 1. The van der Waals surface area contributed by atoms with Crippen molar-refractivity contribution >= 4 is 15.7 Å². The van der Waals surface area contributed by atoms with Crippen molar-refractivity contribution in [3.05, 3.63) is 18.2 Å². The Labute approximate surface area is 107 Å². The summed E-state index contributed by atoms with van der Waals surface area (Å²) in [6.45, 7) is 1.53. The highest BCUT2D eigenvalue weighted by molar-refractivity contribution is 7.89. The van der Waals surface area contributed by atoms with Crippen LogP contribution in [0.25, 0.3) is 0 Å². The number of hydrogen-bond donors (Lipinski definition) is 2. The normalized spacial score (nSPS) is 13.6. The number of methoxy groups -OCH3 is 1. The largest absolute Gasteiger partial charge is 0.497 e. The van der Waals surface area contributed by atoms with Crippen LogP contribution in [0.2, 0.25) is 0 Å². The van der Waals surface area contributed by atoms with Gasteiger partial charge < -0.3 is 15.6 Å². The van der Waals surface area contributed by atoms with Gasteiger partial charge in [0, 0.05) is 19.7 Å². The van der Waals surface area contributed by atoms with E-state index >= 15 is 0 Å². The summed E-state index contributed by atoms with van der Waals surface area (Å²) in [5.74, 6) is 0.490. The zero-order chi connectivity index (χ0) is 13.9. The molecule has 7 heteroatoms. The molecule has 18 heavy (non-hydrogen) atoms. The minimum absolute atomic E-state index is 0.00597. The van der Waals surface area contributed by atoms with Gasteiger partial charge in [-0.1, -0.05) is 0 Å². The monoisotopic (exact) mass is 274 g/mol. The van der Waals surface area contributed by atoms with Gasteiger partial charge in [-0.3, -0.25) is 0 Å². The van der Waals surface area contributed by atoms with Crippen LogP contribution in [0.1, 0.15) is 6.92 Å². The number of nitrogen functional groups attached to an aromatic ring is 1. The first-order valence-corrected chi connectivity index (χ1v) is 6.81. The van der Waals surface area contributed by atoms with Gasteiger partial charge in [0.2, 0.25) is 10.0 Å². The van der Waals surface area contributed by atoms with E-state index in [0.29, 0.717) is 5.75 Å². The number of aliphatic hydroxyl groups excluding tert-OH is 1. The van der Waals surface area contributed by atoms with Gasteiger partial charge >= 0.3 is 0 Å². The van der Waals surface area contributed by atoms with Gasteiger partial charge in [-0.25, -0.2) is 8.42 Å². The minimum atomic E-state index is -3.70. The third kappa shape index (κ3) is 3.12. The molecule has 0 fully saturated rings. The van der Waals surface area contributed by atoms with Gasteiger partial charge in [0.05, 0.1) is 18.9 Å². The second-order valence-corrected chi connectivity index (χ2v) is 6.05. The summed E-state index contributed by atoms with van der Waals surface area (Å²) in [6, 6.07) is 4.37. The van der Waals surface area contributed by atoms with Gasteiger partial charge in [0.1, 0.15) is 10.6 Å². The van der Waals surface area contributed by atoms with E-state index in [9.17, 15) is 13.5 Å². The van der Waals surface area contributed by atoms with Gasteiger partial charge in [-0.05, 0) is 19.1 Å². The fourth-order valence-electron chi connectivity index (χ4n) is 1.53. The number of aliphatic hydroxyl groups is 1. The van der Waals surface area contributed by atoms with Gasteiger partial charge in [0.25, 0.3) is 0 Å². The molecule has 1 atom stereocenters. The Morgan fingerprint density at radius 1 is 1.50 bits per heavy atom. The molecule has 6 nitrogen and oxygen atoms in total. The van der Waals surface area contributed by atoms with Crippen molar-refractivity contribution in [1.82, 2.24) is 4.31 Å². The highest BCUT2D eigenvalue weighted by atomic mass is 32.2. The van der Waals surface area contributed by atoms with Crippen LogP contribution in [0.15, 0.2) is 23.1 Å². The average molecular weight is 274 g/mol. The summed E-state index contributed by atoms with van der Waals surface area (Å²) >= 11 is 0. The molecule has 1 aromatic rings. The molecule has 3 N–H and O–H groups in total. The van der Waals surface area contributed by atoms with Crippen LogP contribution in [0.5, 0.6) is 5.75 Å². The molecule has 1 aromatic carbocycles. The van der Waals surface area contributed by atoms with E-state index in [1.165, 1.54) is 39.3 Å². The smallest absolute Gasteiger partial charge is 0.244 e. The number of anilines is 1. The van der Waals surface area contributed by atoms with E-state index in [0.717, 1.165) is 4.31 Å². The maximum atomic E-state index is 12.2. The summed E-state index contributed by atoms with van der Waals surface area (Å²) in [5, 5.41) is 9.23. The fourth-order valence-corrected chi connectivity index (χ4v) is 2.87. The van der Waals surface area contributed by atoms with E-state index < -0.39 is 16.1 Å². The number of ether oxygens (including phenoxy) is 1. The van der Waals surface area contributed by atoms with Crippen LogP contribution in [0, 0.1) is 0 Å². The summed E-state index contributed by atoms with van der Waals surface area (Å²) in [6.07, 6.45) is -0.746. The molecular weight excluding hydrogens is 256 g/mol. The Hall–Kier alpha value is -1.31. The number of nitrogens with zero attached hydrogens (tertiary/aromatic N) is 1. The summed E-state index contributed by atoms with van der Waals surface area (Å²) < 4.78 is 30.4. The zero-order valence-electron chi connectivity index (χ0n) is 10.6. The first-order chi connectivity index (χ1) is 8.28. The lowest BCUT2D eigenvalue weighted by Gasteiger charge is -2.19. The zero-order valence-corrected chi connectivity index (χ0v) is 11.4. The highest BCUT2D eigenvalue weighted by Gasteiger charge is 2.24. The highest BCUT2D eigenvalue weighted by Crippen LogP contribution is 2.25. The summed E-state index contributed by atoms with van der Waals surface area (Å²) in [7, 11) is -0.828. The molecule has 0 saturated heterocycles. The number of likely N-dealkylation sites (N-methyl/N-ethyl adjacent to an activating group) is 1. The molecule has 0 aliphatic rings. The van der Waals surface area contributed by atoms with Crippen LogP contribution < -0.4 is 10.5 Å². The molecule has 1 rings (SSSR count). The van der Waals surface area contributed by atoms with Crippen molar-refractivity contribution in [2.24, 2.45) is 0 Å². The third-order valence-electron chi connectivity index (χ3n) is 2.43. The molecule has 0 aromatic heterocycles. The number of rotatable bonds is 5. The van der Waals surface area contributed by atoms with Crippen molar-refractivity contribution < 1.29 is 18.3 Å². The molecule has 1 unspecified atom stereocenters. The first-order valence-electron chi connectivity index (χ1n) is 5.37. The summed E-state index contributed by atoms with van der Waals surface area (Å²) in [5.41, 5.74) is 5.82. The predicted octanol–water partition coefficient (Wildman–Crippen LogP) is 0.279. The van der Waals surface area contributed by atoms with Crippen LogP contribution >= 0.6 is 0 Å². The predicted molar refractivity (Wildman–Crippen MR) is 68.9 cm³/mol. The lowest BCUT2D eigenvalue weighted by atomic mass is 10.3. The molecule has 0 spiro atoms. The van der Waals surface area contributed by atoms with E-state index in [1.54, 1.807) is 0 Å². The Kier molecular flexibility index (Phi) is 4.55. The van der Waals surface area contributed by atoms with Crippen molar-refractivity contribution in [1.29, 1.82) is 0 Å². The van der Waals surface area contributed by atoms with E-state index in [1.807, 2.05) is 0 Å². The van der Waals surface area contributed by atoms with E-state index in [4.69, 9.17) is 10.5 Å². The third-order valence-corrected chi connectivity index (χ3v) is 4.32. The molecule has 102 valence electrons. The van der Waals surface area contributed by atoms with Gasteiger partial charge in [-0.15, -0.1) is 0 Å². The molecule has 0 amide bonds. The molecule has 0 saturated carbocycles. The number of sulfonamides is 1. The van der Waals surface area contributed by atoms with Crippen molar-refractivity contribution in [2.75, 3.05) is 26.4 Å². The second-order valence-electron chi connectivity index (χ2n) is 4.04. The van der Waals surface area contributed by atoms with Crippen molar-refractivity contribution in [3.8, 4) is 5.75 Å². The van der Waals surface area contributed by atoms with E-state index in [2.05, 4.69) is 0 Å². The summed E-state index contributed by atoms with van der Waals surface area (Å²) in [4.78, 5) is 0.00597. The maximum Gasteiger partial charge on any atom is 0.244 e. The quantitative estimate of drug-likeness (QED) is 0.752. The number of benzene rings is 1. The maximum absolute atomic E-state index is 12.2.